The van der Waals surface area contributed by atoms with Crippen molar-refractivity contribution in [1.82, 2.24) is 0 Å². The molecule has 0 spiro atoms. The molecule has 0 aliphatic rings. The Bertz CT molecular complexity index is 1390. The Kier molecular flexibility index (Phi) is 7.54. The van der Waals surface area contributed by atoms with Crippen molar-refractivity contribution in [2.45, 2.75) is 25.8 Å². The Balaban J connectivity index is 1.95. The fourth-order valence-electron chi connectivity index (χ4n) is 3.71. The van der Waals surface area contributed by atoms with Gasteiger partial charge in [0.05, 0.1) is 44.8 Å². The van der Waals surface area contributed by atoms with Crippen LogP contribution >= 0.6 is 10.3 Å². The van der Waals surface area contributed by atoms with Crippen LogP contribution in [-0.4, -0.2) is 26.3 Å². The maximum absolute atomic E-state index is 13.7. The first-order chi connectivity index (χ1) is 17.6. The van der Waals surface area contributed by atoms with Gasteiger partial charge in [-0.05, 0) is 84.9 Å². The summed E-state index contributed by atoms with van der Waals surface area (Å²) in [7, 11) is -4.20. The predicted octanol–water partition coefficient (Wildman–Crippen LogP) is 7.40. The van der Waals surface area contributed by atoms with E-state index in [0.29, 0.717) is 26.2 Å². The van der Waals surface area contributed by atoms with Crippen molar-refractivity contribution < 1.29 is 34.7 Å². The van der Waals surface area contributed by atoms with E-state index in [-0.39, 0.29) is 4.90 Å². The highest BCUT2D eigenvalue weighted by molar-refractivity contribution is 8.32. The van der Waals surface area contributed by atoms with Crippen LogP contribution in [-0.2, 0) is 16.3 Å². The summed E-state index contributed by atoms with van der Waals surface area (Å²) in [5.74, 6) is 1.15. The van der Waals surface area contributed by atoms with Gasteiger partial charge in [0, 0.05) is 0 Å². The van der Waals surface area contributed by atoms with Gasteiger partial charge in [0.2, 0.25) is 0 Å². The molecule has 0 atom stereocenters. The van der Waals surface area contributed by atoms with Crippen LogP contribution < -0.4 is 9.47 Å². The number of ether oxygens (including phenoxy) is 2. The Labute approximate surface area is 215 Å². The Morgan fingerprint density at radius 1 is 0.595 bits per heavy atom. The predicted molar refractivity (Wildman–Crippen MR) is 136 cm³/mol. The van der Waals surface area contributed by atoms with Crippen LogP contribution in [0, 0.1) is 0 Å². The zero-order chi connectivity index (χ0) is 26.7. The summed E-state index contributed by atoms with van der Waals surface area (Å²) in [5.41, 5.74) is -0.946. The van der Waals surface area contributed by atoms with Crippen molar-refractivity contribution in [3.63, 3.8) is 0 Å². The van der Waals surface area contributed by atoms with Crippen LogP contribution in [0.3, 0.4) is 0 Å². The lowest BCUT2D eigenvalue weighted by Gasteiger charge is -2.35. The molecule has 0 aliphatic carbocycles. The van der Waals surface area contributed by atoms with Crippen LogP contribution in [0.15, 0.2) is 123 Å². The minimum Gasteiger partial charge on any atom is -0.497 e. The van der Waals surface area contributed by atoms with E-state index < -0.39 is 32.2 Å². The summed E-state index contributed by atoms with van der Waals surface area (Å²) in [6.07, 6.45) is -4.59. The molecule has 0 unspecified atom stereocenters. The lowest BCUT2D eigenvalue weighted by Crippen LogP contribution is -2.19. The fraction of sp³-hybridized carbons (Fsp3) is 0.111. The van der Waals surface area contributed by atoms with E-state index in [9.17, 15) is 21.6 Å². The summed E-state index contributed by atoms with van der Waals surface area (Å²) in [4.78, 5) is 1.48. The van der Waals surface area contributed by atoms with Crippen molar-refractivity contribution in [3.8, 4) is 11.5 Å². The van der Waals surface area contributed by atoms with E-state index in [4.69, 9.17) is 9.47 Å². The van der Waals surface area contributed by atoms with Gasteiger partial charge in [-0.2, -0.15) is 13.2 Å². The lowest BCUT2D eigenvalue weighted by atomic mass is 10.2. The maximum atomic E-state index is 13.7. The fourth-order valence-corrected chi connectivity index (χ4v) is 9.17. The minimum absolute atomic E-state index is 0.338. The normalized spacial score (nSPS) is 12.7. The molecule has 0 aliphatic heterocycles. The summed E-state index contributed by atoms with van der Waals surface area (Å²) in [5, 5.41) is 0. The molecule has 0 saturated carbocycles. The van der Waals surface area contributed by atoms with Gasteiger partial charge in [0.25, 0.3) is 0 Å². The number of benzene rings is 4. The van der Waals surface area contributed by atoms with E-state index in [1.165, 1.54) is 14.2 Å². The third-order valence-corrected chi connectivity index (χ3v) is 11.0. The van der Waals surface area contributed by atoms with Crippen LogP contribution in [0.5, 0.6) is 11.5 Å². The molecule has 0 amide bonds. The summed E-state index contributed by atoms with van der Waals surface area (Å²) >= 11 is 0. The second-order valence-corrected chi connectivity index (χ2v) is 12.4. The highest BCUT2D eigenvalue weighted by Crippen LogP contribution is 2.68. The summed E-state index contributed by atoms with van der Waals surface area (Å²) in [6.45, 7) is 0. The topological polar surface area (TPSA) is 65.4 Å². The van der Waals surface area contributed by atoms with E-state index in [2.05, 4.69) is 3.63 Å². The SMILES string of the molecule is COc1ccc(S([OH+]S(=O)(=O)c2ccc(C(F)(F)F)cc2)(c2ccccc2)c2ccc(OC)cc2)cc1. The second-order valence-electron chi connectivity index (χ2n) is 7.82. The Morgan fingerprint density at radius 3 is 1.41 bits per heavy atom. The minimum atomic E-state index is -4.59. The van der Waals surface area contributed by atoms with Crippen LogP contribution in [0.2, 0.25) is 0 Å². The van der Waals surface area contributed by atoms with Crippen molar-refractivity contribution in [1.29, 1.82) is 0 Å². The number of hydrogen-bond acceptors (Lipinski definition) is 4. The average molecular weight is 550 g/mol. The van der Waals surface area contributed by atoms with Gasteiger partial charge in [0.1, 0.15) is 16.4 Å². The number of alkyl halides is 3. The molecule has 0 radical (unpaired) electrons. The summed E-state index contributed by atoms with van der Waals surface area (Å²) < 4.78 is 81.7. The lowest BCUT2D eigenvalue weighted by molar-refractivity contribution is -0.137. The number of hydrogen-bond donors (Lipinski definition) is 0. The molecule has 194 valence electrons. The molecule has 0 heterocycles. The Morgan fingerprint density at radius 2 is 1.00 bits per heavy atom. The second kappa shape index (κ2) is 10.5. The first-order valence-electron chi connectivity index (χ1n) is 10.9. The molecule has 5 nitrogen and oxygen atoms in total. The van der Waals surface area contributed by atoms with Gasteiger partial charge < -0.3 is 9.47 Å². The van der Waals surface area contributed by atoms with Gasteiger partial charge in [0.15, 0.2) is 0 Å². The van der Waals surface area contributed by atoms with Gasteiger partial charge in [-0.3, -0.25) is 3.63 Å². The third kappa shape index (κ3) is 5.46. The van der Waals surface area contributed by atoms with Gasteiger partial charge >= 0.3 is 16.3 Å². The first-order valence-corrected chi connectivity index (χ1v) is 14.0. The van der Waals surface area contributed by atoms with Crippen molar-refractivity contribution in [2.24, 2.45) is 0 Å². The number of rotatable bonds is 8. The summed E-state index contributed by atoms with van der Waals surface area (Å²) in [6, 6.07) is 26.1. The van der Waals surface area contributed by atoms with Crippen molar-refractivity contribution >= 4 is 20.4 Å². The van der Waals surface area contributed by atoms with Gasteiger partial charge in [-0.25, -0.2) is 0 Å². The quantitative estimate of drug-likeness (QED) is 0.170. The molecule has 0 saturated heterocycles. The maximum Gasteiger partial charge on any atom is 0.422 e. The molecule has 0 fully saturated rings. The molecule has 0 bridgehead atoms. The van der Waals surface area contributed by atoms with Gasteiger partial charge in [-0.15, -0.1) is 8.42 Å². The van der Waals surface area contributed by atoms with Crippen LogP contribution in [0.1, 0.15) is 5.56 Å². The molecule has 4 aromatic carbocycles. The third-order valence-electron chi connectivity index (χ3n) is 5.57. The van der Waals surface area contributed by atoms with Crippen molar-refractivity contribution in [2.75, 3.05) is 14.2 Å². The van der Waals surface area contributed by atoms with E-state index in [0.717, 1.165) is 24.3 Å². The first kappa shape index (κ1) is 26.6. The largest absolute Gasteiger partial charge is 0.497 e. The van der Waals surface area contributed by atoms with Crippen molar-refractivity contribution in [3.05, 3.63) is 109 Å². The van der Waals surface area contributed by atoms with E-state index in [1.807, 2.05) is 0 Å². The molecular formula is C27H24F3O5S2+. The zero-order valence-corrected chi connectivity index (χ0v) is 21.5. The van der Waals surface area contributed by atoms with Gasteiger partial charge in [-0.1, -0.05) is 18.2 Å². The van der Waals surface area contributed by atoms with E-state index in [1.54, 1.807) is 78.9 Å². The monoisotopic (exact) mass is 549 g/mol. The number of halogens is 3. The average Bonchev–Trinajstić information content (AvgIpc) is 2.92. The highest BCUT2D eigenvalue weighted by Gasteiger charge is 2.44. The molecule has 10 heteroatoms. The highest BCUT2D eigenvalue weighted by atomic mass is 32.3. The van der Waals surface area contributed by atoms with Crippen LogP contribution in [0.4, 0.5) is 13.2 Å². The molecule has 0 aromatic heterocycles. The Hall–Kier alpha value is -3.47. The standard InChI is InChI=1S/C27H23F3O5S2/c1-33-21-10-16-24(17-11-21)36(23-6-4-3-5-7-23,25-18-12-22(34-2)13-19-25)35-37(31,32)26-14-8-20(9-15-26)27(28,29)30/h3-19H,1-2H3/p+1. The zero-order valence-electron chi connectivity index (χ0n) is 19.8. The molecule has 1 N–H and O–H groups in total. The smallest absolute Gasteiger partial charge is 0.422 e. The molecular weight excluding hydrogens is 525 g/mol. The van der Waals surface area contributed by atoms with Crippen LogP contribution in [0.25, 0.3) is 0 Å². The molecule has 4 aromatic rings. The molecule has 37 heavy (non-hydrogen) atoms. The number of methoxy groups -OCH3 is 2. The van der Waals surface area contributed by atoms with E-state index >= 15 is 0 Å². The molecule has 4 rings (SSSR count).